The lowest BCUT2D eigenvalue weighted by Gasteiger charge is -2.29. The minimum atomic E-state index is -0.188. The summed E-state index contributed by atoms with van der Waals surface area (Å²) in [5.41, 5.74) is 7.30. The van der Waals surface area contributed by atoms with E-state index < -0.39 is 0 Å². The van der Waals surface area contributed by atoms with Crippen LogP contribution in [0.2, 0.25) is 0 Å². The van der Waals surface area contributed by atoms with Crippen molar-refractivity contribution in [1.82, 2.24) is 4.90 Å². The highest BCUT2D eigenvalue weighted by molar-refractivity contribution is 5.84. The number of benzene rings is 1. The summed E-state index contributed by atoms with van der Waals surface area (Å²) < 4.78 is 0. The van der Waals surface area contributed by atoms with Crippen molar-refractivity contribution in [2.24, 2.45) is 0 Å². The lowest BCUT2D eigenvalue weighted by atomic mass is 10.1. The predicted molar refractivity (Wildman–Crippen MR) is 74.4 cm³/mol. The zero-order chi connectivity index (χ0) is 13.0. The Morgan fingerprint density at radius 2 is 1.83 bits per heavy atom. The molecule has 1 heterocycles. The monoisotopic (exact) mass is 247 g/mol. The first-order valence-corrected chi connectivity index (χ1v) is 6.57. The van der Waals surface area contributed by atoms with Gasteiger partial charge in [-0.25, -0.2) is 0 Å². The van der Waals surface area contributed by atoms with Gasteiger partial charge in [0.2, 0.25) is 5.91 Å². The van der Waals surface area contributed by atoms with Crippen LogP contribution in [0.3, 0.4) is 0 Å². The molecule has 2 rings (SSSR count). The van der Waals surface area contributed by atoms with E-state index in [4.69, 9.17) is 5.73 Å². The van der Waals surface area contributed by atoms with Gasteiger partial charge < -0.3 is 16.0 Å². The van der Waals surface area contributed by atoms with Gasteiger partial charge in [-0.1, -0.05) is 0 Å². The molecule has 0 saturated carbocycles. The fourth-order valence-corrected chi connectivity index (χ4v) is 2.28. The molecule has 18 heavy (non-hydrogen) atoms. The van der Waals surface area contributed by atoms with Crippen molar-refractivity contribution in [3.8, 4) is 0 Å². The van der Waals surface area contributed by atoms with E-state index in [1.54, 1.807) is 0 Å². The van der Waals surface area contributed by atoms with E-state index in [1.165, 1.54) is 6.42 Å². The smallest absolute Gasteiger partial charge is 0.244 e. The number of nitrogens with zero attached hydrogens (tertiary/aromatic N) is 1. The van der Waals surface area contributed by atoms with Crippen LogP contribution in [0.25, 0.3) is 0 Å². The topological polar surface area (TPSA) is 58.4 Å². The number of carbonyl (C=O) groups is 1. The Labute approximate surface area is 108 Å². The molecule has 0 spiro atoms. The van der Waals surface area contributed by atoms with Crippen molar-refractivity contribution in [1.29, 1.82) is 0 Å². The van der Waals surface area contributed by atoms with Crippen molar-refractivity contribution >= 4 is 17.3 Å². The van der Waals surface area contributed by atoms with Crippen LogP contribution in [0.5, 0.6) is 0 Å². The molecule has 1 aliphatic rings. The van der Waals surface area contributed by atoms with Gasteiger partial charge >= 0.3 is 0 Å². The quantitative estimate of drug-likeness (QED) is 0.804. The summed E-state index contributed by atoms with van der Waals surface area (Å²) in [6, 6.07) is 7.28. The second-order valence-corrected chi connectivity index (χ2v) is 4.87. The average molecular weight is 247 g/mol. The van der Waals surface area contributed by atoms with E-state index in [1.807, 2.05) is 36.1 Å². The summed E-state index contributed by atoms with van der Waals surface area (Å²) in [5, 5.41) is 3.22. The molecule has 3 N–H and O–H groups in total. The fraction of sp³-hybridized carbons (Fsp3) is 0.500. The van der Waals surface area contributed by atoms with Crippen LogP contribution in [0.1, 0.15) is 26.2 Å². The summed E-state index contributed by atoms with van der Waals surface area (Å²) >= 11 is 0. The van der Waals surface area contributed by atoms with Gasteiger partial charge in [0.1, 0.15) is 6.04 Å². The van der Waals surface area contributed by atoms with Crippen LogP contribution < -0.4 is 11.1 Å². The number of hydrogen-bond acceptors (Lipinski definition) is 3. The fourth-order valence-electron chi connectivity index (χ4n) is 2.28. The maximum Gasteiger partial charge on any atom is 0.244 e. The third-order valence-corrected chi connectivity index (χ3v) is 3.33. The van der Waals surface area contributed by atoms with Gasteiger partial charge in [-0.3, -0.25) is 4.79 Å². The Bertz CT molecular complexity index is 396. The van der Waals surface area contributed by atoms with E-state index in [9.17, 15) is 4.79 Å². The SMILES string of the molecule is CC(Nc1ccc(N)cc1)C(=O)N1CCCCC1. The first-order valence-electron chi connectivity index (χ1n) is 6.57. The van der Waals surface area contributed by atoms with Gasteiger partial charge in [-0.05, 0) is 50.5 Å². The molecule has 0 bridgehead atoms. The van der Waals surface area contributed by atoms with Gasteiger partial charge in [-0.2, -0.15) is 0 Å². The largest absolute Gasteiger partial charge is 0.399 e. The minimum Gasteiger partial charge on any atom is -0.399 e. The van der Waals surface area contributed by atoms with Gasteiger partial charge in [0.15, 0.2) is 0 Å². The van der Waals surface area contributed by atoms with Gasteiger partial charge in [0, 0.05) is 24.5 Å². The van der Waals surface area contributed by atoms with Crippen LogP contribution in [0.4, 0.5) is 11.4 Å². The molecular weight excluding hydrogens is 226 g/mol. The maximum absolute atomic E-state index is 12.2. The van der Waals surface area contributed by atoms with E-state index in [0.717, 1.165) is 37.3 Å². The molecule has 1 saturated heterocycles. The molecule has 1 unspecified atom stereocenters. The highest BCUT2D eigenvalue weighted by atomic mass is 16.2. The molecule has 1 aromatic carbocycles. The average Bonchev–Trinajstić information content (AvgIpc) is 2.41. The molecule has 4 nitrogen and oxygen atoms in total. The third kappa shape index (κ3) is 3.15. The molecule has 1 atom stereocenters. The second kappa shape index (κ2) is 5.76. The summed E-state index contributed by atoms with van der Waals surface area (Å²) in [6.45, 7) is 3.70. The molecule has 1 fully saturated rings. The second-order valence-electron chi connectivity index (χ2n) is 4.87. The number of hydrogen-bond donors (Lipinski definition) is 2. The number of carbonyl (C=O) groups excluding carboxylic acids is 1. The molecular formula is C14H21N3O. The molecule has 1 aromatic rings. The summed E-state index contributed by atoms with van der Waals surface area (Å²) in [5.74, 6) is 0.187. The van der Waals surface area contributed by atoms with Crippen LogP contribution in [-0.4, -0.2) is 29.9 Å². The number of amides is 1. The number of nitrogens with one attached hydrogen (secondary N) is 1. The number of rotatable bonds is 3. The first kappa shape index (κ1) is 12.7. The zero-order valence-electron chi connectivity index (χ0n) is 10.9. The lowest BCUT2D eigenvalue weighted by molar-refractivity contribution is -0.132. The predicted octanol–water partition coefficient (Wildman–Crippen LogP) is 2.08. The van der Waals surface area contributed by atoms with Crippen molar-refractivity contribution in [3.05, 3.63) is 24.3 Å². The molecule has 1 amide bonds. The Kier molecular flexibility index (Phi) is 4.07. The summed E-state index contributed by atoms with van der Waals surface area (Å²) in [4.78, 5) is 14.2. The van der Waals surface area contributed by atoms with E-state index >= 15 is 0 Å². The maximum atomic E-state index is 12.2. The zero-order valence-corrected chi connectivity index (χ0v) is 10.9. The van der Waals surface area contributed by atoms with Crippen LogP contribution in [0.15, 0.2) is 24.3 Å². The lowest BCUT2D eigenvalue weighted by Crippen LogP contribution is -2.43. The number of piperidine rings is 1. The third-order valence-electron chi connectivity index (χ3n) is 3.33. The van der Waals surface area contributed by atoms with Crippen molar-refractivity contribution in [2.75, 3.05) is 24.1 Å². The minimum absolute atomic E-state index is 0.187. The molecule has 98 valence electrons. The van der Waals surface area contributed by atoms with E-state index in [2.05, 4.69) is 5.32 Å². The van der Waals surface area contributed by atoms with Gasteiger partial charge in [0.25, 0.3) is 0 Å². The van der Waals surface area contributed by atoms with Crippen molar-refractivity contribution in [2.45, 2.75) is 32.2 Å². The van der Waals surface area contributed by atoms with Crippen LogP contribution in [0, 0.1) is 0 Å². The van der Waals surface area contributed by atoms with Gasteiger partial charge in [-0.15, -0.1) is 0 Å². The Morgan fingerprint density at radius 1 is 1.22 bits per heavy atom. The molecule has 0 aromatic heterocycles. The summed E-state index contributed by atoms with van der Waals surface area (Å²) in [6.07, 6.45) is 3.49. The van der Waals surface area contributed by atoms with E-state index in [0.29, 0.717) is 0 Å². The van der Waals surface area contributed by atoms with Crippen molar-refractivity contribution < 1.29 is 4.79 Å². The molecule has 0 radical (unpaired) electrons. The van der Waals surface area contributed by atoms with E-state index in [-0.39, 0.29) is 11.9 Å². The standard InChI is InChI=1S/C14H21N3O/c1-11(14(18)17-9-3-2-4-10-17)16-13-7-5-12(15)6-8-13/h5-8,11,16H,2-4,9-10,15H2,1H3. The van der Waals surface area contributed by atoms with Gasteiger partial charge in [0.05, 0.1) is 0 Å². The highest BCUT2D eigenvalue weighted by Gasteiger charge is 2.21. The Balaban J connectivity index is 1.92. The van der Waals surface area contributed by atoms with Crippen molar-refractivity contribution in [3.63, 3.8) is 0 Å². The number of anilines is 2. The Morgan fingerprint density at radius 3 is 2.44 bits per heavy atom. The molecule has 0 aliphatic carbocycles. The number of nitrogen functional groups attached to an aromatic ring is 1. The highest BCUT2D eigenvalue weighted by Crippen LogP contribution is 2.14. The number of nitrogens with two attached hydrogens (primary N) is 1. The van der Waals surface area contributed by atoms with Crippen LogP contribution >= 0.6 is 0 Å². The normalized spacial score (nSPS) is 17.3. The number of likely N-dealkylation sites (tertiary alicyclic amines) is 1. The first-order chi connectivity index (χ1) is 8.66. The van der Waals surface area contributed by atoms with Crippen LogP contribution in [-0.2, 0) is 4.79 Å². The Hall–Kier alpha value is -1.71. The molecule has 4 heteroatoms. The summed E-state index contributed by atoms with van der Waals surface area (Å²) in [7, 11) is 0. The molecule has 1 aliphatic heterocycles.